The number of nitrogens with zero attached hydrogens (tertiary/aromatic N) is 1. The van der Waals surface area contributed by atoms with Gasteiger partial charge in [-0.1, -0.05) is 30.3 Å². The molecule has 0 saturated carbocycles. The van der Waals surface area contributed by atoms with E-state index in [2.05, 4.69) is 5.32 Å². The average Bonchev–Trinajstić information content (AvgIpc) is 3.10. The minimum atomic E-state index is -0.144. The minimum absolute atomic E-state index is 0. The maximum absolute atomic E-state index is 12.2. The van der Waals surface area contributed by atoms with Gasteiger partial charge in [0, 0.05) is 31.6 Å². The Kier molecular flexibility index (Phi) is 6.79. The van der Waals surface area contributed by atoms with Crippen molar-refractivity contribution in [2.24, 2.45) is 11.7 Å². The number of likely N-dealkylation sites (tertiary alicyclic amines) is 1. The van der Waals surface area contributed by atoms with Gasteiger partial charge in [0.2, 0.25) is 5.91 Å². The van der Waals surface area contributed by atoms with Gasteiger partial charge in [0.15, 0.2) is 0 Å². The zero-order chi connectivity index (χ0) is 16.9. The van der Waals surface area contributed by atoms with Gasteiger partial charge >= 0.3 is 0 Å². The van der Waals surface area contributed by atoms with Crippen LogP contribution >= 0.6 is 12.4 Å². The first-order valence-corrected chi connectivity index (χ1v) is 8.42. The fourth-order valence-electron chi connectivity index (χ4n) is 3.13. The third-order valence-electron chi connectivity index (χ3n) is 4.61. The second-order valence-corrected chi connectivity index (χ2v) is 6.30. The number of nitrogens with two attached hydrogens (primary N) is 1. The number of nitrogens with one attached hydrogen (secondary N) is 1. The molecule has 1 unspecified atom stereocenters. The third kappa shape index (κ3) is 4.71. The topological polar surface area (TPSA) is 75.4 Å². The molecule has 3 rings (SSSR count). The average molecular weight is 362 g/mol. The van der Waals surface area contributed by atoms with E-state index >= 15 is 0 Å². The van der Waals surface area contributed by atoms with Gasteiger partial charge < -0.3 is 16.0 Å². The van der Waals surface area contributed by atoms with Gasteiger partial charge in [0.05, 0.1) is 0 Å². The number of hydrogen-bond acceptors (Lipinski definition) is 3. The van der Waals surface area contributed by atoms with Crippen LogP contribution in [0.5, 0.6) is 0 Å². The van der Waals surface area contributed by atoms with Gasteiger partial charge in [0.1, 0.15) is 0 Å². The molecule has 1 heterocycles. The van der Waals surface area contributed by atoms with E-state index in [1.807, 2.05) is 47.4 Å². The quantitative estimate of drug-likeness (QED) is 0.857. The van der Waals surface area contributed by atoms with Crippen LogP contribution in [0.4, 0.5) is 0 Å². The number of carbonyl (C=O) groups excluding carboxylic acids is 2. The van der Waals surface area contributed by atoms with Crippen molar-refractivity contribution in [2.45, 2.75) is 12.8 Å². The van der Waals surface area contributed by atoms with E-state index in [9.17, 15) is 9.59 Å². The molecule has 5 nitrogen and oxygen atoms in total. The summed E-state index contributed by atoms with van der Waals surface area (Å²) in [6.45, 7) is 2.50. The lowest BCUT2D eigenvalue weighted by molar-refractivity contribution is -0.130. The van der Waals surface area contributed by atoms with E-state index in [1.54, 1.807) is 0 Å². The van der Waals surface area contributed by atoms with E-state index in [1.165, 1.54) is 0 Å². The number of carbonyl (C=O) groups is 2. The van der Waals surface area contributed by atoms with Crippen molar-refractivity contribution >= 4 is 35.0 Å². The van der Waals surface area contributed by atoms with E-state index in [0.717, 1.165) is 30.3 Å². The number of rotatable bonds is 5. The van der Waals surface area contributed by atoms with Crippen LogP contribution in [0.25, 0.3) is 10.8 Å². The molecule has 1 fully saturated rings. The summed E-state index contributed by atoms with van der Waals surface area (Å²) in [6, 6.07) is 13.5. The smallest absolute Gasteiger partial charge is 0.251 e. The van der Waals surface area contributed by atoms with Crippen LogP contribution in [-0.2, 0) is 4.79 Å². The van der Waals surface area contributed by atoms with E-state index in [4.69, 9.17) is 5.73 Å². The lowest BCUT2D eigenvalue weighted by Crippen LogP contribution is -2.33. The highest BCUT2D eigenvalue weighted by molar-refractivity contribution is 5.98. The molecule has 0 spiro atoms. The van der Waals surface area contributed by atoms with Gasteiger partial charge in [-0.2, -0.15) is 0 Å². The molecule has 3 N–H and O–H groups in total. The van der Waals surface area contributed by atoms with Gasteiger partial charge in [-0.25, -0.2) is 0 Å². The van der Waals surface area contributed by atoms with Gasteiger partial charge in [0.25, 0.3) is 5.91 Å². The van der Waals surface area contributed by atoms with E-state index < -0.39 is 0 Å². The Hall–Kier alpha value is -2.11. The summed E-state index contributed by atoms with van der Waals surface area (Å²) in [7, 11) is 0. The fourth-order valence-corrected chi connectivity index (χ4v) is 3.13. The predicted molar refractivity (Wildman–Crippen MR) is 102 cm³/mol. The predicted octanol–water partition coefficient (Wildman–Crippen LogP) is 2.19. The van der Waals surface area contributed by atoms with Crippen LogP contribution in [0.1, 0.15) is 23.2 Å². The van der Waals surface area contributed by atoms with E-state index in [0.29, 0.717) is 31.0 Å². The molecule has 0 bridgehead atoms. The van der Waals surface area contributed by atoms with Crippen molar-refractivity contribution in [2.75, 3.05) is 26.2 Å². The highest BCUT2D eigenvalue weighted by Gasteiger charge is 2.24. The Morgan fingerprint density at radius 1 is 1.16 bits per heavy atom. The summed E-state index contributed by atoms with van der Waals surface area (Å²) in [5.74, 6) is 0.362. The summed E-state index contributed by atoms with van der Waals surface area (Å²) >= 11 is 0. The number of fused-ring (bicyclic) bond motifs is 1. The lowest BCUT2D eigenvalue weighted by Gasteiger charge is -2.16. The lowest BCUT2D eigenvalue weighted by atomic mass is 10.1. The molecule has 134 valence electrons. The SMILES string of the molecule is Cl.NCC1CCN(C(=O)CCNC(=O)c2ccc3ccccc3c2)C1. The Labute approximate surface area is 154 Å². The second-order valence-electron chi connectivity index (χ2n) is 6.30. The largest absolute Gasteiger partial charge is 0.352 e. The highest BCUT2D eigenvalue weighted by Crippen LogP contribution is 2.16. The fraction of sp³-hybridized carbons (Fsp3) is 0.368. The standard InChI is InChI=1S/C19H23N3O2.ClH/c20-12-14-8-10-22(13-14)18(23)7-9-21-19(24)17-6-5-15-3-1-2-4-16(15)11-17;/h1-6,11,14H,7-10,12-13,20H2,(H,21,24);1H. The Morgan fingerprint density at radius 2 is 1.92 bits per heavy atom. The van der Waals surface area contributed by atoms with Gasteiger partial charge in [-0.3, -0.25) is 9.59 Å². The summed E-state index contributed by atoms with van der Waals surface area (Å²) < 4.78 is 0. The molecule has 2 aromatic carbocycles. The monoisotopic (exact) mass is 361 g/mol. The Balaban J connectivity index is 0.00000225. The number of hydrogen-bond donors (Lipinski definition) is 2. The van der Waals surface area contributed by atoms with Gasteiger partial charge in [-0.15, -0.1) is 12.4 Å². The first kappa shape index (κ1) is 19.2. The molecule has 1 aliphatic rings. The van der Waals surface area contributed by atoms with Crippen molar-refractivity contribution in [1.29, 1.82) is 0 Å². The first-order chi connectivity index (χ1) is 11.7. The van der Waals surface area contributed by atoms with Crippen molar-refractivity contribution in [3.8, 4) is 0 Å². The molecular formula is C19H24ClN3O2. The van der Waals surface area contributed by atoms with Crippen LogP contribution in [0.15, 0.2) is 42.5 Å². The zero-order valence-corrected chi connectivity index (χ0v) is 14.9. The normalized spacial score (nSPS) is 16.5. The molecular weight excluding hydrogens is 338 g/mol. The Bertz CT molecular complexity index is 750. The van der Waals surface area contributed by atoms with Gasteiger partial charge in [-0.05, 0) is 41.8 Å². The molecule has 1 atom stereocenters. The van der Waals surface area contributed by atoms with Crippen molar-refractivity contribution < 1.29 is 9.59 Å². The second kappa shape index (κ2) is 8.83. The molecule has 0 aliphatic carbocycles. The maximum Gasteiger partial charge on any atom is 0.251 e. The highest BCUT2D eigenvalue weighted by atomic mass is 35.5. The summed E-state index contributed by atoms with van der Waals surface area (Å²) in [5.41, 5.74) is 6.26. The van der Waals surface area contributed by atoms with Crippen LogP contribution in [0.3, 0.4) is 0 Å². The third-order valence-corrected chi connectivity index (χ3v) is 4.61. The zero-order valence-electron chi connectivity index (χ0n) is 14.1. The maximum atomic E-state index is 12.2. The molecule has 0 aromatic heterocycles. The summed E-state index contributed by atoms with van der Waals surface area (Å²) in [4.78, 5) is 26.2. The Morgan fingerprint density at radius 3 is 2.64 bits per heavy atom. The van der Waals surface area contributed by atoms with Crippen LogP contribution in [0, 0.1) is 5.92 Å². The number of amides is 2. The van der Waals surface area contributed by atoms with Crippen molar-refractivity contribution in [3.05, 3.63) is 48.0 Å². The van der Waals surface area contributed by atoms with Crippen LogP contribution in [0.2, 0.25) is 0 Å². The molecule has 25 heavy (non-hydrogen) atoms. The van der Waals surface area contributed by atoms with Crippen LogP contribution < -0.4 is 11.1 Å². The number of benzene rings is 2. The first-order valence-electron chi connectivity index (χ1n) is 8.42. The molecule has 2 amide bonds. The minimum Gasteiger partial charge on any atom is -0.352 e. The van der Waals surface area contributed by atoms with Crippen molar-refractivity contribution in [1.82, 2.24) is 10.2 Å². The summed E-state index contributed by atoms with van der Waals surface area (Å²) in [6.07, 6.45) is 1.31. The molecule has 1 saturated heterocycles. The van der Waals surface area contributed by atoms with E-state index in [-0.39, 0.29) is 24.2 Å². The molecule has 0 radical (unpaired) electrons. The summed E-state index contributed by atoms with van der Waals surface area (Å²) in [5, 5.41) is 4.97. The van der Waals surface area contributed by atoms with Crippen molar-refractivity contribution in [3.63, 3.8) is 0 Å². The molecule has 6 heteroatoms. The van der Waals surface area contributed by atoms with Crippen LogP contribution in [-0.4, -0.2) is 42.9 Å². The molecule has 2 aromatic rings. The number of halogens is 1. The molecule has 1 aliphatic heterocycles.